The summed E-state index contributed by atoms with van der Waals surface area (Å²) in [5, 5.41) is 4.19. The van der Waals surface area contributed by atoms with Crippen molar-refractivity contribution in [1.82, 2.24) is 9.97 Å². The molecule has 1 aromatic rings. The third-order valence-corrected chi connectivity index (χ3v) is 5.36. The Labute approximate surface area is 119 Å². The molecule has 102 valence electrons. The highest BCUT2D eigenvalue weighted by molar-refractivity contribution is 6.30. The van der Waals surface area contributed by atoms with Gasteiger partial charge in [-0.15, -0.1) is 0 Å². The number of nitrogens with one attached hydrogen (secondary N) is 1. The quantitative estimate of drug-likeness (QED) is 0.829. The summed E-state index contributed by atoms with van der Waals surface area (Å²) in [5.74, 6) is 3.43. The summed E-state index contributed by atoms with van der Waals surface area (Å²) in [7, 11) is 0. The molecule has 0 saturated heterocycles. The lowest BCUT2D eigenvalue weighted by atomic mass is 10.0. The topological polar surface area (TPSA) is 37.8 Å². The van der Waals surface area contributed by atoms with E-state index in [-0.39, 0.29) is 0 Å². The average Bonchev–Trinajstić information content (AvgIpc) is 3.28. The summed E-state index contributed by atoms with van der Waals surface area (Å²) < 4.78 is 0. The fraction of sp³-hybridized carbons (Fsp3) is 0.733. The van der Waals surface area contributed by atoms with Crippen LogP contribution in [0.25, 0.3) is 0 Å². The zero-order chi connectivity index (χ0) is 13.0. The maximum absolute atomic E-state index is 6.24. The van der Waals surface area contributed by atoms with E-state index >= 15 is 0 Å². The largest absolute Gasteiger partial charge is 0.369 e. The van der Waals surface area contributed by atoms with Crippen molar-refractivity contribution in [3.63, 3.8) is 0 Å². The molecule has 19 heavy (non-hydrogen) atoms. The van der Waals surface area contributed by atoms with E-state index in [9.17, 15) is 0 Å². The molecule has 1 heterocycles. The van der Waals surface area contributed by atoms with Crippen molar-refractivity contribution < 1.29 is 0 Å². The van der Waals surface area contributed by atoms with Crippen LogP contribution in [0, 0.1) is 18.3 Å². The number of nitrogens with zero attached hydrogens (tertiary/aromatic N) is 2. The molecule has 3 aliphatic rings. The van der Waals surface area contributed by atoms with E-state index in [4.69, 9.17) is 16.6 Å². The van der Waals surface area contributed by atoms with Gasteiger partial charge in [-0.05, 0) is 56.8 Å². The summed E-state index contributed by atoms with van der Waals surface area (Å²) in [6, 6.07) is 0. The molecule has 3 aliphatic carbocycles. The Morgan fingerprint density at radius 2 is 1.95 bits per heavy atom. The van der Waals surface area contributed by atoms with Crippen LogP contribution in [0.3, 0.4) is 0 Å². The average molecular weight is 278 g/mol. The van der Waals surface area contributed by atoms with E-state index in [1.807, 2.05) is 6.92 Å². The molecular formula is C15H20ClN3. The third-order valence-electron chi connectivity index (χ3n) is 4.99. The Kier molecular flexibility index (Phi) is 2.57. The molecule has 4 rings (SSSR count). The molecule has 1 aromatic heterocycles. The molecule has 3 fully saturated rings. The second kappa shape index (κ2) is 4.08. The molecule has 0 bridgehead atoms. The Hall–Kier alpha value is -0.830. The van der Waals surface area contributed by atoms with Gasteiger partial charge < -0.3 is 5.32 Å². The minimum Gasteiger partial charge on any atom is -0.369 e. The highest BCUT2D eigenvalue weighted by Gasteiger charge is 2.53. The SMILES string of the molecule is Cc1c(Cl)nc(C2CC2)nc1NCC1(C2CC2)CC1. The lowest BCUT2D eigenvalue weighted by Crippen LogP contribution is -2.19. The zero-order valence-corrected chi connectivity index (χ0v) is 12.1. The maximum atomic E-state index is 6.24. The van der Waals surface area contributed by atoms with Gasteiger partial charge in [0.25, 0.3) is 0 Å². The normalized spacial score (nSPS) is 24.3. The molecular weight excluding hydrogens is 258 g/mol. The summed E-state index contributed by atoms with van der Waals surface area (Å²) in [5.41, 5.74) is 1.58. The molecule has 1 N–H and O–H groups in total. The first kappa shape index (κ1) is 12.0. The van der Waals surface area contributed by atoms with Gasteiger partial charge in [0.2, 0.25) is 0 Å². The van der Waals surface area contributed by atoms with Crippen molar-refractivity contribution in [3.8, 4) is 0 Å². The van der Waals surface area contributed by atoms with Gasteiger partial charge in [0.1, 0.15) is 16.8 Å². The molecule has 0 aromatic carbocycles. The molecule has 0 amide bonds. The van der Waals surface area contributed by atoms with Crippen LogP contribution < -0.4 is 5.32 Å². The third kappa shape index (κ3) is 2.22. The highest BCUT2D eigenvalue weighted by atomic mass is 35.5. The van der Waals surface area contributed by atoms with Crippen molar-refractivity contribution in [2.75, 3.05) is 11.9 Å². The number of hydrogen-bond donors (Lipinski definition) is 1. The predicted molar refractivity (Wildman–Crippen MR) is 76.6 cm³/mol. The highest BCUT2D eigenvalue weighted by Crippen LogP contribution is 2.61. The van der Waals surface area contributed by atoms with Crippen LogP contribution in [0.15, 0.2) is 0 Å². The smallest absolute Gasteiger partial charge is 0.137 e. The Bertz CT molecular complexity index is 516. The van der Waals surface area contributed by atoms with E-state index in [1.165, 1.54) is 38.5 Å². The molecule has 3 saturated carbocycles. The predicted octanol–water partition coefficient (Wildman–Crippen LogP) is 3.92. The summed E-state index contributed by atoms with van der Waals surface area (Å²) >= 11 is 6.24. The van der Waals surface area contributed by atoms with E-state index in [2.05, 4.69) is 10.3 Å². The van der Waals surface area contributed by atoms with E-state index in [1.54, 1.807) is 0 Å². The van der Waals surface area contributed by atoms with Gasteiger partial charge >= 0.3 is 0 Å². The molecule has 0 unspecified atom stereocenters. The monoisotopic (exact) mass is 277 g/mol. The van der Waals surface area contributed by atoms with Gasteiger partial charge in [0, 0.05) is 18.0 Å². The second-order valence-electron chi connectivity index (χ2n) is 6.61. The van der Waals surface area contributed by atoms with Crippen molar-refractivity contribution in [3.05, 3.63) is 16.5 Å². The van der Waals surface area contributed by atoms with E-state index in [0.717, 1.165) is 29.7 Å². The minimum atomic E-state index is 0.553. The molecule has 0 atom stereocenters. The number of halogens is 1. The number of rotatable bonds is 5. The van der Waals surface area contributed by atoms with E-state index in [0.29, 0.717) is 16.5 Å². The van der Waals surface area contributed by atoms with Gasteiger partial charge in [-0.1, -0.05) is 11.6 Å². The Morgan fingerprint density at radius 3 is 2.53 bits per heavy atom. The fourth-order valence-corrected chi connectivity index (χ4v) is 3.22. The second-order valence-corrected chi connectivity index (χ2v) is 6.97. The van der Waals surface area contributed by atoms with Crippen LogP contribution in [0.5, 0.6) is 0 Å². The molecule has 0 aliphatic heterocycles. The van der Waals surface area contributed by atoms with Crippen LogP contribution in [0.2, 0.25) is 5.15 Å². The fourth-order valence-electron chi connectivity index (χ4n) is 3.05. The van der Waals surface area contributed by atoms with Crippen LogP contribution in [-0.4, -0.2) is 16.5 Å². The summed E-state index contributed by atoms with van der Waals surface area (Å²) in [6.07, 6.45) is 8.06. The first-order valence-corrected chi connectivity index (χ1v) is 7.84. The minimum absolute atomic E-state index is 0.553. The van der Waals surface area contributed by atoms with Gasteiger partial charge in [-0.25, -0.2) is 9.97 Å². The van der Waals surface area contributed by atoms with Crippen molar-refractivity contribution in [2.24, 2.45) is 11.3 Å². The van der Waals surface area contributed by atoms with E-state index < -0.39 is 0 Å². The van der Waals surface area contributed by atoms with Gasteiger partial charge in [0.05, 0.1) is 0 Å². The van der Waals surface area contributed by atoms with Crippen molar-refractivity contribution in [2.45, 2.75) is 51.4 Å². The number of aromatic nitrogens is 2. The zero-order valence-electron chi connectivity index (χ0n) is 11.4. The van der Waals surface area contributed by atoms with Gasteiger partial charge in [-0.3, -0.25) is 0 Å². The molecule has 0 spiro atoms. The van der Waals surface area contributed by atoms with Crippen molar-refractivity contribution in [1.29, 1.82) is 0 Å². The van der Waals surface area contributed by atoms with Gasteiger partial charge in [0.15, 0.2) is 0 Å². The van der Waals surface area contributed by atoms with Crippen LogP contribution in [0.4, 0.5) is 5.82 Å². The lowest BCUT2D eigenvalue weighted by molar-refractivity contribution is 0.466. The van der Waals surface area contributed by atoms with Crippen LogP contribution in [-0.2, 0) is 0 Å². The first-order chi connectivity index (χ1) is 9.18. The van der Waals surface area contributed by atoms with Crippen LogP contribution >= 0.6 is 11.6 Å². The summed E-state index contributed by atoms with van der Waals surface area (Å²) in [6.45, 7) is 3.08. The Balaban J connectivity index is 1.53. The molecule has 0 radical (unpaired) electrons. The van der Waals surface area contributed by atoms with Gasteiger partial charge in [-0.2, -0.15) is 0 Å². The van der Waals surface area contributed by atoms with Crippen LogP contribution in [0.1, 0.15) is 55.8 Å². The molecule has 4 heteroatoms. The maximum Gasteiger partial charge on any atom is 0.137 e. The Morgan fingerprint density at radius 1 is 1.21 bits per heavy atom. The summed E-state index contributed by atoms with van der Waals surface area (Å²) in [4.78, 5) is 9.12. The molecule has 3 nitrogen and oxygen atoms in total. The van der Waals surface area contributed by atoms with Crippen molar-refractivity contribution >= 4 is 17.4 Å². The lowest BCUT2D eigenvalue weighted by Gasteiger charge is -2.17. The standard InChI is InChI=1S/C15H20ClN3/c1-9-12(16)18-14(10-2-3-10)19-13(9)17-8-15(6-7-15)11-4-5-11/h10-11H,2-8H2,1H3,(H,17,18,19). The number of hydrogen-bond acceptors (Lipinski definition) is 3. The number of anilines is 1. The first-order valence-electron chi connectivity index (χ1n) is 7.46.